The van der Waals surface area contributed by atoms with Gasteiger partial charge in [-0.15, -0.1) is 0 Å². The predicted octanol–water partition coefficient (Wildman–Crippen LogP) is 0.0962. The summed E-state index contributed by atoms with van der Waals surface area (Å²) in [4.78, 5) is 13.5. The molecular weight excluding hydrogens is 240 g/mol. The zero-order valence-electron chi connectivity index (χ0n) is 9.17. The third kappa shape index (κ3) is 2.91. The number of β-amino-alcohol motifs (C(OH)–C–C–N with tert-alkyl or cyclic N) is 2. The maximum Gasteiger partial charge on any atom is 0.254 e. The van der Waals surface area contributed by atoms with Crippen molar-refractivity contribution in [1.82, 2.24) is 4.90 Å². The number of nitrogen functional groups attached to an aromatic ring is 1. The summed E-state index contributed by atoms with van der Waals surface area (Å²) in [6.45, 7) is 0.428. The van der Waals surface area contributed by atoms with Gasteiger partial charge in [0.25, 0.3) is 5.91 Å². The van der Waals surface area contributed by atoms with Gasteiger partial charge in [-0.25, -0.2) is 0 Å². The number of hydrogen-bond donors (Lipinski definition) is 3. The van der Waals surface area contributed by atoms with E-state index in [1.54, 1.807) is 24.3 Å². The number of carbonyl (C=O) groups excluding carboxylic acids is 1. The summed E-state index contributed by atoms with van der Waals surface area (Å²) in [7, 11) is 0. The van der Waals surface area contributed by atoms with Crippen molar-refractivity contribution in [1.29, 1.82) is 0 Å². The molecule has 5 nitrogen and oxygen atoms in total. The number of rotatable bonds is 1. The maximum atomic E-state index is 12.1. The standard InChI is InChI=1S/C11H14N2O3S/c12-9-3-1-8(2-4-9)10(14)13-5-6-17-11(15,16)7-13/h1-4,15-16H,5-7,12H2. The lowest BCUT2D eigenvalue weighted by Crippen LogP contribution is -2.49. The summed E-state index contributed by atoms with van der Waals surface area (Å²) in [5.74, 6) is 0.297. The number of aliphatic hydroxyl groups is 2. The van der Waals surface area contributed by atoms with E-state index >= 15 is 0 Å². The minimum Gasteiger partial charge on any atom is -0.399 e. The topological polar surface area (TPSA) is 86.8 Å². The normalized spacial score (nSPS) is 19.1. The van der Waals surface area contributed by atoms with Crippen molar-refractivity contribution < 1.29 is 15.0 Å². The van der Waals surface area contributed by atoms with Crippen molar-refractivity contribution >= 4 is 23.4 Å². The van der Waals surface area contributed by atoms with Gasteiger partial charge in [-0.1, -0.05) is 11.8 Å². The lowest BCUT2D eigenvalue weighted by molar-refractivity contribution is -0.0933. The van der Waals surface area contributed by atoms with E-state index in [0.29, 0.717) is 23.5 Å². The number of amides is 1. The molecule has 1 fully saturated rings. The zero-order chi connectivity index (χ0) is 12.5. The molecule has 0 spiro atoms. The SMILES string of the molecule is Nc1ccc(C(=O)N2CCSC(O)(O)C2)cc1. The first kappa shape index (κ1) is 12.2. The van der Waals surface area contributed by atoms with E-state index in [0.717, 1.165) is 11.8 Å². The van der Waals surface area contributed by atoms with Crippen molar-refractivity contribution in [2.24, 2.45) is 0 Å². The Morgan fingerprint density at radius 3 is 2.59 bits per heavy atom. The van der Waals surface area contributed by atoms with Crippen LogP contribution in [0.25, 0.3) is 0 Å². The van der Waals surface area contributed by atoms with Crippen LogP contribution in [0.2, 0.25) is 0 Å². The van der Waals surface area contributed by atoms with Crippen LogP contribution >= 0.6 is 11.8 Å². The van der Waals surface area contributed by atoms with Gasteiger partial charge in [0.05, 0.1) is 6.54 Å². The Balaban J connectivity index is 2.12. The molecule has 6 heteroatoms. The van der Waals surface area contributed by atoms with E-state index in [-0.39, 0.29) is 12.5 Å². The number of nitrogens with two attached hydrogens (primary N) is 1. The Morgan fingerprint density at radius 1 is 1.35 bits per heavy atom. The van der Waals surface area contributed by atoms with Crippen LogP contribution in [-0.2, 0) is 0 Å². The Kier molecular flexibility index (Phi) is 3.28. The first-order chi connectivity index (χ1) is 7.98. The van der Waals surface area contributed by atoms with Gasteiger partial charge in [-0.05, 0) is 24.3 Å². The van der Waals surface area contributed by atoms with Crippen LogP contribution in [0.15, 0.2) is 24.3 Å². The number of anilines is 1. The average Bonchev–Trinajstić information content (AvgIpc) is 2.28. The molecule has 1 aromatic rings. The summed E-state index contributed by atoms with van der Waals surface area (Å²) in [6.07, 6.45) is 0. The van der Waals surface area contributed by atoms with Crippen LogP contribution in [-0.4, -0.2) is 45.0 Å². The van der Waals surface area contributed by atoms with E-state index in [9.17, 15) is 15.0 Å². The van der Waals surface area contributed by atoms with Crippen LogP contribution in [0.1, 0.15) is 10.4 Å². The van der Waals surface area contributed by atoms with Crippen LogP contribution < -0.4 is 5.73 Å². The first-order valence-corrected chi connectivity index (χ1v) is 6.20. The van der Waals surface area contributed by atoms with Gasteiger partial charge in [0.15, 0.2) is 0 Å². The fourth-order valence-electron chi connectivity index (χ4n) is 1.67. The number of carbonyl (C=O) groups is 1. The smallest absolute Gasteiger partial charge is 0.254 e. The van der Waals surface area contributed by atoms with Gasteiger partial charge in [-0.3, -0.25) is 4.79 Å². The van der Waals surface area contributed by atoms with Crippen molar-refractivity contribution in [2.75, 3.05) is 24.6 Å². The minimum atomic E-state index is -1.85. The Hall–Kier alpha value is -1.24. The molecule has 1 heterocycles. The van der Waals surface area contributed by atoms with Gasteiger partial charge >= 0.3 is 0 Å². The van der Waals surface area contributed by atoms with Crippen LogP contribution in [0.3, 0.4) is 0 Å². The molecular formula is C11H14N2O3S. The highest BCUT2D eigenvalue weighted by Crippen LogP contribution is 2.26. The number of nitrogens with zero attached hydrogens (tertiary/aromatic N) is 1. The molecule has 1 amide bonds. The van der Waals surface area contributed by atoms with Crippen molar-refractivity contribution in [2.45, 2.75) is 5.12 Å². The van der Waals surface area contributed by atoms with Gasteiger partial charge in [0.2, 0.25) is 5.12 Å². The minimum absolute atomic E-state index is 0.0825. The first-order valence-electron chi connectivity index (χ1n) is 5.21. The molecule has 1 aromatic carbocycles. The Labute approximate surface area is 103 Å². The molecule has 0 bridgehead atoms. The van der Waals surface area contributed by atoms with E-state index in [2.05, 4.69) is 0 Å². The van der Waals surface area contributed by atoms with Gasteiger partial charge in [-0.2, -0.15) is 0 Å². The predicted molar refractivity (Wildman–Crippen MR) is 66.4 cm³/mol. The van der Waals surface area contributed by atoms with Crippen molar-refractivity contribution in [3.63, 3.8) is 0 Å². The lowest BCUT2D eigenvalue weighted by atomic mass is 10.2. The molecule has 1 aliphatic heterocycles. The average molecular weight is 254 g/mol. The van der Waals surface area contributed by atoms with E-state index in [4.69, 9.17) is 5.73 Å². The summed E-state index contributed by atoms with van der Waals surface area (Å²) in [5, 5.41) is 17.1. The van der Waals surface area contributed by atoms with Gasteiger partial charge < -0.3 is 20.8 Å². The molecule has 0 unspecified atom stereocenters. The molecule has 0 aliphatic carbocycles. The van der Waals surface area contributed by atoms with Gasteiger partial charge in [0.1, 0.15) is 0 Å². The monoisotopic (exact) mass is 254 g/mol. The van der Waals surface area contributed by atoms with Crippen LogP contribution in [0.5, 0.6) is 0 Å². The van der Waals surface area contributed by atoms with E-state index < -0.39 is 5.12 Å². The largest absolute Gasteiger partial charge is 0.399 e. The highest BCUT2D eigenvalue weighted by Gasteiger charge is 2.34. The van der Waals surface area contributed by atoms with Crippen molar-refractivity contribution in [3.05, 3.63) is 29.8 Å². The Morgan fingerprint density at radius 2 is 2.00 bits per heavy atom. The molecule has 92 valence electrons. The molecule has 0 radical (unpaired) electrons. The van der Waals surface area contributed by atoms with E-state index in [1.165, 1.54) is 4.90 Å². The van der Waals surface area contributed by atoms with Crippen LogP contribution in [0, 0.1) is 0 Å². The molecule has 17 heavy (non-hydrogen) atoms. The summed E-state index contributed by atoms with van der Waals surface area (Å²) < 4.78 is 0. The molecule has 1 saturated heterocycles. The highest BCUT2D eigenvalue weighted by molar-refractivity contribution is 8.00. The summed E-state index contributed by atoms with van der Waals surface area (Å²) in [5.41, 5.74) is 6.63. The molecule has 0 atom stereocenters. The quantitative estimate of drug-likeness (QED) is 0.488. The molecule has 1 aliphatic rings. The second kappa shape index (κ2) is 4.56. The highest BCUT2D eigenvalue weighted by atomic mass is 32.2. The van der Waals surface area contributed by atoms with Crippen molar-refractivity contribution in [3.8, 4) is 0 Å². The number of benzene rings is 1. The lowest BCUT2D eigenvalue weighted by Gasteiger charge is -2.34. The number of thioether (sulfide) groups is 1. The molecule has 4 N–H and O–H groups in total. The molecule has 2 rings (SSSR count). The second-order valence-corrected chi connectivity index (χ2v) is 5.29. The molecule has 0 aromatic heterocycles. The summed E-state index contributed by atoms with van der Waals surface area (Å²) >= 11 is 1.04. The third-order valence-corrected chi connectivity index (χ3v) is 3.51. The summed E-state index contributed by atoms with van der Waals surface area (Å²) in [6, 6.07) is 6.57. The van der Waals surface area contributed by atoms with Crippen LogP contribution in [0.4, 0.5) is 5.69 Å². The van der Waals surface area contributed by atoms with Gasteiger partial charge in [0, 0.05) is 23.5 Å². The fourth-order valence-corrected chi connectivity index (χ4v) is 2.56. The number of hydrogen-bond acceptors (Lipinski definition) is 5. The second-order valence-electron chi connectivity index (χ2n) is 3.94. The zero-order valence-corrected chi connectivity index (χ0v) is 9.98. The molecule has 0 saturated carbocycles. The fraction of sp³-hybridized carbons (Fsp3) is 0.364. The maximum absolute atomic E-state index is 12.1. The Bertz CT molecular complexity index is 419. The third-order valence-electron chi connectivity index (χ3n) is 2.54. The van der Waals surface area contributed by atoms with E-state index in [1.807, 2.05) is 0 Å².